The molecule has 2 saturated carbocycles. The first-order chi connectivity index (χ1) is 16.4. The number of ether oxygens (including phenoxy) is 2. The highest BCUT2D eigenvalue weighted by Gasteiger charge is 2.42. The second kappa shape index (κ2) is 11.2. The van der Waals surface area contributed by atoms with Gasteiger partial charge in [-0.1, -0.05) is 11.6 Å². The van der Waals surface area contributed by atoms with Crippen molar-refractivity contribution < 1.29 is 13.9 Å². The normalized spacial score (nSPS) is 22.3. The fourth-order valence-electron chi connectivity index (χ4n) is 4.74. The van der Waals surface area contributed by atoms with Crippen LogP contribution in [0.3, 0.4) is 0 Å². The molecule has 2 aliphatic carbocycles. The van der Waals surface area contributed by atoms with Crippen molar-refractivity contribution in [2.24, 2.45) is 0 Å². The van der Waals surface area contributed by atoms with Crippen LogP contribution >= 0.6 is 11.6 Å². The number of hydrogen-bond acceptors (Lipinski definition) is 6. The minimum atomic E-state index is -0.311. The second-order valence-electron chi connectivity index (χ2n) is 9.70. The predicted molar refractivity (Wildman–Crippen MR) is 136 cm³/mol. The van der Waals surface area contributed by atoms with Crippen LogP contribution in [0, 0.1) is 5.82 Å². The molecule has 1 atom stereocenters. The number of anilines is 2. The third-order valence-corrected chi connectivity index (χ3v) is 7.28. The van der Waals surface area contributed by atoms with Gasteiger partial charge in [0.1, 0.15) is 11.6 Å². The van der Waals surface area contributed by atoms with Crippen molar-refractivity contribution in [2.45, 2.75) is 69.2 Å². The Morgan fingerprint density at radius 3 is 2.53 bits per heavy atom. The van der Waals surface area contributed by atoms with Gasteiger partial charge in [0.25, 0.3) is 0 Å². The van der Waals surface area contributed by atoms with Gasteiger partial charge in [0.2, 0.25) is 0 Å². The number of aromatic nitrogens is 1. The monoisotopic (exact) mass is 490 g/mol. The van der Waals surface area contributed by atoms with Gasteiger partial charge in [-0.2, -0.15) is 0 Å². The lowest BCUT2D eigenvalue weighted by atomic mass is 9.90. The highest BCUT2D eigenvalue weighted by molar-refractivity contribution is 6.33. The fourth-order valence-corrected chi connectivity index (χ4v) is 4.94. The summed E-state index contributed by atoms with van der Waals surface area (Å²) in [7, 11) is 3.47. The molecule has 4 rings (SSSR count). The fraction of sp³-hybridized carbons (Fsp3) is 0.577. The van der Waals surface area contributed by atoms with Crippen molar-refractivity contribution in [1.29, 1.82) is 0 Å². The van der Waals surface area contributed by atoms with E-state index in [0.717, 1.165) is 56.6 Å². The molecule has 34 heavy (non-hydrogen) atoms. The lowest BCUT2D eigenvalue weighted by Gasteiger charge is -2.32. The van der Waals surface area contributed by atoms with E-state index in [2.05, 4.69) is 27.9 Å². The summed E-state index contributed by atoms with van der Waals surface area (Å²) < 4.78 is 25.6. The first-order valence-electron chi connectivity index (χ1n) is 12.2. The number of rotatable bonds is 11. The Balaban J connectivity index is 1.40. The first kappa shape index (κ1) is 25.2. The molecule has 0 radical (unpaired) electrons. The SMILES string of the molecule is COC[C@H](C)NC1CCC(Nc2cc(-c3cc(NCC4(OC)CC4)ccc3F)c(Cl)cn2)CC1. The molecule has 1 aromatic heterocycles. The zero-order valence-electron chi connectivity index (χ0n) is 20.3. The largest absolute Gasteiger partial charge is 0.383 e. The average Bonchev–Trinajstić information content (AvgIpc) is 3.62. The van der Waals surface area contributed by atoms with E-state index in [-0.39, 0.29) is 11.4 Å². The molecule has 0 bridgehead atoms. The second-order valence-corrected chi connectivity index (χ2v) is 10.1. The van der Waals surface area contributed by atoms with Gasteiger partial charge < -0.3 is 25.4 Å². The minimum absolute atomic E-state index is 0.0870. The zero-order chi connectivity index (χ0) is 24.1. The maximum Gasteiger partial charge on any atom is 0.131 e. The number of hydrogen-bond donors (Lipinski definition) is 3. The third-order valence-electron chi connectivity index (χ3n) is 6.98. The Labute approximate surface area is 207 Å². The van der Waals surface area contributed by atoms with Crippen molar-refractivity contribution in [3.8, 4) is 11.1 Å². The van der Waals surface area contributed by atoms with Gasteiger partial charge in [0.05, 0.1) is 17.2 Å². The summed E-state index contributed by atoms with van der Waals surface area (Å²) in [5, 5.41) is 11.0. The van der Waals surface area contributed by atoms with Gasteiger partial charge in [-0.05, 0) is 69.7 Å². The van der Waals surface area contributed by atoms with E-state index >= 15 is 0 Å². The van der Waals surface area contributed by atoms with Crippen molar-refractivity contribution in [2.75, 3.05) is 38.0 Å². The lowest BCUT2D eigenvalue weighted by molar-refractivity contribution is 0.0914. The number of halogens is 2. The summed E-state index contributed by atoms with van der Waals surface area (Å²) in [5.41, 5.74) is 1.85. The molecule has 8 heteroatoms. The molecule has 6 nitrogen and oxygen atoms in total. The van der Waals surface area contributed by atoms with Crippen molar-refractivity contribution in [1.82, 2.24) is 10.3 Å². The van der Waals surface area contributed by atoms with Crippen LogP contribution in [0.2, 0.25) is 5.02 Å². The Hall–Kier alpha value is -1.93. The maximum atomic E-state index is 14.8. The zero-order valence-corrected chi connectivity index (χ0v) is 21.1. The van der Waals surface area contributed by atoms with E-state index in [9.17, 15) is 4.39 Å². The van der Waals surface area contributed by atoms with Crippen LogP contribution < -0.4 is 16.0 Å². The molecular formula is C26H36ClFN4O2. The Morgan fingerprint density at radius 1 is 1.12 bits per heavy atom. The smallest absolute Gasteiger partial charge is 0.131 e. The molecule has 2 aromatic rings. The van der Waals surface area contributed by atoms with Crippen LogP contribution in [0.1, 0.15) is 45.4 Å². The average molecular weight is 491 g/mol. The number of pyridine rings is 1. The summed E-state index contributed by atoms with van der Waals surface area (Å²) in [6.45, 7) is 3.57. The molecule has 2 fully saturated rings. The number of nitrogens with one attached hydrogen (secondary N) is 3. The third kappa shape index (κ3) is 6.39. The summed E-state index contributed by atoms with van der Waals surface area (Å²) >= 11 is 6.46. The molecule has 0 unspecified atom stereocenters. The molecule has 0 spiro atoms. The molecule has 2 aliphatic rings. The Kier molecular flexibility index (Phi) is 8.30. The summed E-state index contributed by atoms with van der Waals surface area (Å²) in [6.07, 6.45) is 7.97. The first-order valence-corrected chi connectivity index (χ1v) is 12.5. The topological polar surface area (TPSA) is 67.4 Å². The van der Waals surface area contributed by atoms with E-state index in [1.165, 1.54) is 6.07 Å². The van der Waals surface area contributed by atoms with E-state index in [4.69, 9.17) is 21.1 Å². The molecule has 186 valence electrons. The van der Waals surface area contributed by atoms with E-state index < -0.39 is 0 Å². The van der Waals surface area contributed by atoms with Crippen LogP contribution in [0.5, 0.6) is 0 Å². The molecule has 3 N–H and O–H groups in total. The number of benzene rings is 1. The van der Waals surface area contributed by atoms with Gasteiger partial charge in [-0.25, -0.2) is 9.37 Å². The van der Waals surface area contributed by atoms with Gasteiger partial charge in [0, 0.05) is 61.9 Å². The van der Waals surface area contributed by atoms with Gasteiger partial charge in [-0.3, -0.25) is 0 Å². The highest BCUT2D eigenvalue weighted by atomic mass is 35.5. The standard InChI is InChI=1S/C26H36ClFN4O2/c1-17(15-33-2)31-18-4-6-19(7-5-18)32-25-13-21(23(27)14-29-25)22-12-20(8-9-24(22)28)30-16-26(34-3)10-11-26/h8-9,12-14,17-19,30-31H,4-7,10-11,15-16H2,1-3H3,(H,29,32)/t17-,18?,19?/m0/s1. The van der Waals surface area contributed by atoms with Crippen molar-refractivity contribution in [3.05, 3.63) is 41.3 Å². The quantitative estimate of drug-likeness (QED) is 0.387. The summed E-state index contributed by atoms with van der Waals surface area (Å²) in [6, 6.07) is 8.08. The van der Waals surface area contributed by atoms with E-state index in [0.29, 0.717) is 40.8 Å². The molecule has 1 aromatic carbocycles. The summed E-state index contributed by atoms with van der Waals surface area (Å²) in [5.74, 6) is 0.409. The Morgan fingerprint density at radius 2 is 1.85 bits per heavy atom. The molecule has 0 saturated heterocycles. The van der Waals surface area contributed by atoms with E-state index in [1.54, 1.807) is 26.5 Å². The molecular weight excluding hydrogens is 455 g/mol. The highest BCUT2D eigenvalue weighted by Crippen LogP contribution is 2.39. The number of nitrogens with zero attached hydrogens (tertiary/aromatic N) is 1. The van der Waals surface area contributed by atoms with Crippen LogP contribution in [-0.2, 0) is 9.47 Å². The van der Waals surface area contributed by atoms with Crippen molar-refractivity contribution in [3.63, 3.8) is 0 Å². The van der Waals surface area contributed by atoms with Gasteiger partial charge >= 0.3 is 0 Å². The van der Waals surface area contributed by atoms with Crippen molar-refractivity contribution >= 4 is 23.1 Å². The molecule has 1 heterocycles. The van der Waals surface area contributed by atoms with Crippen LogP contribution in [0.4, 0.5) is 15.9 Å². The van der Waals surface area contributed by atoms with Gasteiger partial charge in [-0.15, -0.1) is 0 Å². The van der Waals surface area contributed by atoms with Crippen LogP contribution in [0.15, 0.2) is 30.5 Å². The Bertz CT molecular complexity index is 964. The van der Waals surface area contributed by atoms with Gasteiger partial charge in [0.15, 0.2) is 0 Å². The van der Waals surface area contributed by atoms with Crippen LogP contribution in [-0.4, -0.2) is 56.1 Å². The maximum absolute atomic E-state index is 14.8. The van der Waals surface area contributed by atoms with E-state index in [1.807, 2.05) is 12.1 Å². The molecule has 0 aliphatic heterocycles. The summed E-state index contributed by atoms with van der Waals surface area (Å²) in [4.78, 5) is 4.46. The lowest BCUT2D eigenvalue weighted by Crippen LogP contribution is -2.42. The van der Waals surface area contributed by atoms with Crippen LogP contribution in [0.25, 0.3) is 11.1 Å². The molecule has 0 amide bonds. The minimum Gasteiger partial charge on any atom is -0.383 e. The number of methoxy groups -OCH3 is 2. The predicted octanol–water partition coefficient (Wildman–Crippen LogP) is 5.48.